The number of thioether (sulfide) groups is 1. The second kappa shape index (κ2) is 6.55. The zero-order valence-electron chi connectivity index (χ0n) is 9.72. The summed E-state index contributed by atoms with van der Waals surface area (Å²) in [5.74, 6) is 0.581. The van der Waals surface area contributed by atoms with E-state index in [1.54, 1.807) is 23.7 Å². The molecule has 0 saturated heterocycles. The van der Waals surface area contributed by atoms with Crippen LogP contribution in [0.4, 0.5) is 0 Å². The highest BCUT2D eigenvalue weighted by Gasteiger charge is 2.13. The van der Waals surface area contributed by atoms with Gasteiger partial charge in [0.1, 0.15) is 0 Å². The van der Waals surface area contributed by atoms with Gasteiger partial charge < -0.3 is 10.6 Å². The van der Waals surface area contributed by atoms with E-state index in [0.717, 1.165) is 4.90 Å². The van der Waals surface area contributed by atoms with Crippen molar-refractivity contribution in [1.82, 2.24) is 4.90 Å². The van der Waals surface area contributed by atoms with E-state index in [-0.39, 0.29) is 11.9 Å². The first-order valence-electron chi connectivity index (χ1n) is 5.28. The maximum atomic E-state index is 11.8. The molecule has 2 N–H and O–H groups in total. The van der Waals surface area contributed by atoms with Gasteiger partial charge in [-0.05, 0) is 19.1 Å². The van der Waals surface area contributed by atoms with Crippen molar-refractivity contribution < 1.29 is 4.79 Å². The van der Waals surface area contributed by atoms with Crippen molar-refractivity contribution in [2.45, 2.75) is 17.9 Å². The van der Waals surface area contributed by atoms with Gasteiger partial charge in [-0.15, -0.1) is 11.8 Å². The summed E-state index contributed by atoms with van der Waals surface area (Å²) >= 11 is 1.55. The third-order valence-corrected chi connectivity index (χ3v) is 3.50. The van der Waals surface area contributed by atoms with Crippen LogP contribution in [0.25, 0.3) is 0 Å². The Kier molecular flexibility index (Phi) is 5.35. The number of nitrogens with zero attached hydrogens (tertiary/aromatic N) is 1. The standard InChI is InChI=1S/C12H18N2OS/c1-10(8-13)14(2)12(15)9-16-11-6-4-3-5-7-11/h3-7,10H,8-9,13H2,1-2H3. The van der Waals surface area contributed by atoms with Crippen LogP contribution in [-0.4, -0.2) is 36.2 Å². The van der Waals surface area contributed by atoms with Crippen LogP contribution in [0.1, 0.15) is 6.92 Å². The van der Waals surface area contributed by atoms with Crippen molar-refractivity contribution in [1.29, 1.82) is 0 Å². The number of nitrogens with two attached hydrogens (primary N) is 1. The second-order valence-corrected chi connectivity index (χ2v) is 4.74. The first-order valence-corrected chi connectivity index (χ1v) is 6.27. The highest BCUT2D eigenvalue weighted by molar-refractivity contribution is 8.00. The molecule has 0 fully saturated rings. The maximum absolute atomic E-state index is 11.8. The monoisotopic (exact) mass is 238 g/mol. The minimum Gasteiger partial charge on any atom is -0.341 e. The molecule has 4 heteroatoms. The molecule has 0 bridgehead atoms. The van der Waals surface area contributed by atoms with E-state index in [9.17, 15) is 4.79 Å². The molecule has 0 radical (unpaired) electrons. The van der Waals surface area contributed by atoms with Crippen LogP contribution in [0.5, 0.6) is 0 Å². The lowest BCUT2D eigenvalue weighted by molar-refractivity contribution is -0.128. The van der Waals surface area contributed by atoms with Gasteiger partial charge in [-0.1, -0.05) is 18.2 Å². The summed E-state index contributed by atoms with van der Waals surface area (Å²) in [6.45, 7) is 2.45. The molecule has 3 nitrogen and oxygen atoms in total. The lowest BCUT2D eigenvalue weighted by Crippen LogP contribution is -2.40. The van der Waals surface area contributed by atoms with Crippen LogP contribution in [0.2, 0.25) is 0 Å². The molecule has 1 aromatic rings. The van der Waals surface area contributed by atoms with E-state index in [1.807, 2.05) is 37.3 Å². The molecule has 1 atom stereocenters. The molecular formula is C12H18N2OS. The van der Waals surface area contributed by atoms with E-state index < -0.39 is 0 Å². The van der Waals surface area contributed by atoms with Crippen molar-refractivity contribution in [3.05, 3.63) is 30.3 Å². The molecule has 16 heavy (non-hydrogen) atoms. The Morgan fingerprint density at radius 1 is 1.44 bits per heavy atom. The topological polar surface area (TPSA) is 46.3 Å². The summed E-state index contributed by atoms with van der Waals surface area (Å²) in [4.78, 5) is 14.6. The number of hydrogen-bond acceptors (Lipinski definition) is 3. The van der Waals surface area contributed by atoms with Crippen molar-refractivity contribution in [2.24, 2.45) is 5.73 Å². The average molecular weight is 238 g/mol. The van der Waals surface area contributed by atoms with E-state index in [2.05, 4.69) is 0 Å². The number of benzene rings is 1. The Morgan fingerprint density at radius 2 is 2.06 bits per heavy atom. The Labute approximate surface area is 101 Å². The zero-order chi connectivity index (χ0) is 12.0. The molecule has 0 heterocycles. The van der Waals surface area contributed by atoms with Gasteiger partial charge in [0.2, 0.25) is 5.91 Å². The summed E-state index contributed by atoms with van der Waals surface area (Å²) in [7, 11) is 1.80. The van der Waals surface area contributed by atoms with Gasteiger partial charge in [0, 0.05) is 24.5 Å². The Bertz CT molecular complexity index is 329. The fraction of sp³-hybridized carbons (Fsp3) is 0.417. The van der Waals surface area contributed by atoms with Crippen LogP contribution >= 0.6 is 11.8 Å². The molecular weight excluding hydrogens is 220 g/mol. The fourth-order valence-electron chi connectivity index (χ4n) is 1.17. The minimum atomic E-state index is 0.101. The van der Waals surface area contributed by atoms with Crippen LogP contribution in [0.3, 0.4) is 0 Å². The van der Waals surface area contributed by atoms with Crippen molar-refractivity contribution in [3.8, 4) is 0 Å². The van der Waals surface area contributed by atoms with Gasteiger partial charge in [-0.3, -0.25) is 4.79 Å². The summed E-state index contributed by atoms with van der Waals surface area (Å²) in [5.41, 5.74) is 5.52. The number of amides is 1. The lowest BCUT2D eigenvalue weighted by atomic mass is 10.3. The summed E-state index contributed by atoms with van der Waals surface area (Å²) < 4.78 is 0. The summed E-state index contributed by atoms with van der Waals surface area (Å²) in [6.07, 6.45) is 0. The van der Waals surface area contributed by atoms with E-state index in [4.69, 9.17) is 5.73 Å². The van der Waals surface area contributed by atoms with Crippen molar-refractivity contribution in [2.75, 3.05) is 19.3 Å². The normalized spacial score (nSPS) is 12.2. The second-order valence-electron chi connectivity index (χ2n) is 3.69. The molecule has 0 aliphatic carbocycles. The van der Waals surface area contributed by atoms with Crippen LogP contribution < -0.4 is 5.73 Å². The third-order valence-electron chi connectivity index (χ3n) is 2.50. The minimum absolute atomic E-state index is 0.101. The number of carbonyl (C=O) groups is 1. The third kappa shape index (κ3) is 3.87. The SMILES string of the molecule is CC(CN)N(C)C(=O)CSc1ccccc1. The molecule has 88 valence electrons. The number of likely N-dealkylation sites (N-methyl/N-ethyl adjacent to an activating group) is 1. The van der Waals surface area contributed by atoms with Gasteiger partial charge >= 0.3 is 0 Å². The Balaban J connectivity index is 2.41. The molecule has 1 aromatic carbocycles. The summed E-state index contributed by atoms with van der Waals surface area (Å²) in [6, 6.07) is 10.0. The van der Waals surface area contributed by atoms with Gasteiger partial charge in [0.05, 0.1) is 5.75 Å². The van der Waals surface area contributed by atoms with E-state index in [0.29, 0.717) is 12.3 Å². The quantitative estimate of drug-likeness (QED) is 0.792. The molecule has 0 aromatic heterocycles. The predicted molar refractivity (Wildman–Crippen MR) is 68.5 cm³/mol. The largest absolute Gasteiger partial charge is 0.341 e. The first kappa shape index (κ1) is 13.1. The molecule has 1 amide bonds. The van der Waals surface area contributed by atoms with Crippen LogP contribution in [0.15, 0.2) is 35.2 Å². The Hall–Kier alpha value is -1.00. The predicted octanol–water partition coefficient (Wildman–Crippen LogP) is 1.58. The van der Waals surface area contributed by atoms with Crippen LogP contribution in [0, 0.1) is 0 Å². The highest BCUT2D eigenvalue weighted by Crippen LogP contribution is 2.17. The smallest absolute Gasteiger partial charge is 0.232 e. The van der Waals surface area contributed by atoms with Crippen molar-refractivity contribution in [3.63, 3.8) is 0 Å². The van der Waals surface area contributed by atoms with Gasteiger partial charge in [-0.2, -0.15) is 0 Å². The van der Waals surface area contributed by atoms with E-state index >= 15 is 0 Å². The number of hydrogen-bond donors (Lipinski definition) is 1. The lowest BCUT2D eigenvalue weighted by Gasteiger charge is -2.23. The molecule has 0 saturated carbocycles. The van der Waals surface area contributed by atoms with Gasteiger partial charge in [0.15, 0.2) is 0 Å². The average Bonchev–Trinajstić information content (AvgIpc) is 2.35. The molecule has 0 aliphatic rings. The number of rotatable bonds is 5. The van der Waals surface area contributed by atoms with Gasteiger partial charge in [0.25, 0.3) is 0 Å². The Morgan fingerprint density at radius 3 is 2.62 bits per heavy atom. The number of carbonyl (C=O) groups excluding carboxylic acids is 1. The fourth-order valence-corrected chi connectivity index (χ4v) is 2.01. The molecule has 1 rings (SSSR count). The molecule has 1 unspecified atom stereocenters. The van der Waals surface area contributed by atoms with Crippen LogP contribution in [-0.2, 0) is 4.79 Å². The summed E-state index contributed by atoms with van der Waals surface area (Å²) in [5, 5.41) is 0. The zero-order valence-corrected chi connectivity index (χ0v) is 10.5. The molecule has 0 spiro atoms. The van der Waals surface area contributed by atoms with Crippen molar-refractivity contribution >= 4 is 17.7 Å². The maximum Gasteiger partial charge on any atom is 0.232 e. The van der Waals surface area contributed by atoms with Gasteiger partial charge in [-0.25, -0.2) is 0 Å². The first-order chi connectivity index (χ1) is 7.65. The highest BCUT2D eigenvalue weighted by atomic mass is 32.2. The van der Waals surface area contributed by atoms with E-state index in [1.165, 1.54) is 0 Å². The molecule has 0 aliphatic heterocycles.